The van der Waals surface area contributed by atoms with E-state index in [1.54, 1.807) is 4.31 Å². The summed E-state index contributed by atoms with van der Waals surface area (Å²) in [5.41, 5.74) is 0.893. The number of thioether (sulfide) groups is 1. The molecule has 5 heteroatoms. The van der Waals surface area contributed by atoms with Gasteiger partial charge in [-0.25, -0.2) is 8.42 Å². The van der Waals surface area contributed by atoms with E-state index in [1.807, 2.05) is 67.6 Å². The largest absolute Gasteiger partial charge is 0.229 e. The summed E-state index contributed by atoms with van der Waals surface area (Å²) in [5, 5.41) is 0. The lowest BCUT2D eigenvalue weighted by molar-refractivity contribution is 0.121. The number of sulfonamides is 1. The van der Waals surface area contributed by atoms with Crippen molar-refractivity contribution in [3.05, 3.63) is 66.2 Å². The second-order valence-electron chi connectivity index (χ2n) is 7.57. The van der Waals surface area contributed by atoms with Crippen LogP contribution in [0.3, 0.4) is 0 Å². The Morgan fingerprint density at radius 3 is 2.00 bits per heavy atom. The van der Waals surface area contributed by atoms with Gasteiger partial charge in [0.15, 0.2) is 0 Å². The van der Waals surface area contributed by atoms with Gasteiger partial charge in [-0.15, -0.1) is 11.8 Å². The Morgan fingerprint density at radius 2 is 1.48 bits per heavy atom. The van der Waals surface area contributed by atoms with Crippen molar-refractivity contribution in [1.82, 2.24) is 4.31 Å². The van der Waals surface area contributed by atoms with Gasteiger partial charge in [0.05, 0.1) is 6.04 Å². The molecule has 25 heavy (non-hydrogen) atoms. The van der Waals surface area contributed by atoms with E-state index in [4.69, 9.17) is 0 Å². The van der Waals surface area contributed by atoms with Crippen LogP contribution in [-0.4, -0.2) is 23.3 Å². The predicted octanol–water partition coefficient (Wildman–Crippen LogP) is 4.93. The van der Waals surface area contributed by atoms with Crippen molar-refractivity contribution in [3.63, 3.8) is 0 Å². The molecule has 0 bridgehead atoms. The van der Waals surface area contributed by atoms with Gasteiger partial charge in [0.25, 0.3) is 0 Å². The Morgan fingerprint density at radius 1 is 0.960 bits per heavy atom. The highest BCUT2D eigenvalue weighted by Gasteiger charge is 2.60. The third-order valence-electron chi connectivity index (χ3n) is 4.67. The molecule has 0 aliphatic carbocycles. The van der Waals surface area contributed by atoms with Crippen LogP contribution < -0.4 is 0 Å². The molecular formula is C20H25NO2S2. The van der Waals surface area contributed by atoms with Crippen molar-refractivity contribution in [2.24, 2.45) is 5.41 Å². The lowest BCUT2D eigenvalue weighted by Crippen LogP contribution is -2.67. The van der Waals surface area contributed by atoms with Gasteiger partial charge < -0.3 is 0 Å². The number of benzene rings is 2. The molecule has 1 saturated heterocycles. The van der Waals surface area contributed by atoms with Crippen molar-refractivity contribution in [3.8, 4) is 0 Å². The second kappa shape index (κ2) is 6.78. The Hall–Kier alpha value is -1.30. The first kappa shape index (κ1) is 18.5. The maximum atomic E-state index is 13.1. The van der Waals surface area contributed by atoms with E-state index in [-0.39, 0.29) is 17.5 Å². The summed E-state index contributed by atoms with van der Waals surface area (Å²) in [6, 6.07) is 19.5. The summed E-state index contributed by atoms with van der Waals surface area (Å²) in [7, 11) is -3.34. The normalized spacial score (nSPS) is 24.5. The molecule has 0 radical (unpaired) electrons. The zero-order valence-electron chi connectivity index (χ0n) is 15.1. The minimum Gasteiger partial charge on any atom is -0.211 e. The number of nitrogens with zero attached hydrogens (tertiary/aromatic N) is 1. The van der Waals surface area contributed by atoms with Gasteiger partial charge in [0.1, 0.15) is 4.58 Å². The third-order valence-corrected chi connectivity index (χ3v) is 8.69. The molecule has 2 aromatic rings. The lowest BCUT2D eigenvalue weighted by Gasteiger charge is -2.54. The summed E-state index contributed by atoms with van der Waals surface area (Å²) in [4.78, 5) is 0.998. The van der Waals surface area contributed by atoms with Crippen molar-refractivity contribution in [1.29, 1.82) is 0 Å². The van der Waals surface area contributed by atoms with Crippen LogP contribution in [0.25, 0.3) is 0 Å². The van der Waals surface area contributed by atoms with Crippen LogP contribution in [0.2, 0.25) is 0 Å². The molecule has 1 heterocycles. The van der Waals surface area contributed by atoms with E-state index >= 15 is 0 Å². The van der Waals surface area contributed by atoms with Crippen LogP contribution in [-0.2, 0) is 10.0 Å². The van der Waals surface area contributed by atoms with E-state index in [9.17, 15) is 8.42 Å². The molecule has 1 fully saturated rings. The molecule has 3 nitrogen and oxygen atoms in total. The van der Waals surface area contributed by atoms with Crippen molar-refractivity contribution in [2.75, 3.05) is 0 Å². The molecular weight excluding hydrogens is 350 g/mol. The molecule has 3 atom stereocenters. The Kier molecular flexibility index (Phi) is 5.02. The summed E-state index contributed by atoms with van der Waals surface area (Å²) in [6.07, 6.45) is 0. The van der Waals surface area contributed by atoms with E-state index in [2.05, 4.69) is 20.8 Å². The van der Waals surface area contributed by atoms with Crippen LogP contribution in [0.15, 0.2) is 65.6 Å². The third kappa shape index (κ3) is 3.50. The highest BCUT2D eigenvalue weighted by molar-refractivity contribution is 8.13. The average molecular weight is 376 g/mol. The van der Waals surface area contributed by atoms with E-state index in [1.165, 1.54) is 11.8 Å². The molecule has 0 amide bonds. The quantitative estimate of drug-likeness (QED) is 0.761. The lowest BCUT2D eigenvalue weighted by atomic mass is 9.86. The van der Waals surface area contributed by atoms with Crippen LogP contribution in [0.4, 0.5) is 0 Å². The minimum absolute atomic E-state index is 0.0436. The first-order chi connectivity index (χ1) is 11.7. The Balaban J connectivity index is 1.94. The highest BCUT2D eigenvalue weighted by Crippen LogP contribution is 2.51. The molecule has 3 rings (SSSR count). The van der Waals surface area contributed by atoms with Gasteiger partial charge in [-0.2, -0.15) is 4.31 Å². The molecule has 0 spiro atoms. The smallest absolute Gasteiger partial charge is 0.211 e. The van der Waals surface area contributed by atoms with Crippen LogP contribution in [0.1, 0.15) is 39.3 Å². The first-order valence-corrected chi connectivity index (χ1v) is 10.9. The molecule has 0 saturated carbocycles. The summed E-state index contributed by atoms with van der Waals surface area (Å²) in [5.74, 6) is 0. The van der Waals surface area contributed by atoms with Gasteiger partial charge in [-0.05, 0) is 30.0 Å². The van der Waals surface area contributed by atoms with Crippen molar-refractivity contribution in [2.45, 2.75) is 49.3 Å². The van der Waals surface area contributed by atoms with E-state index in [0.29, 0.717) is 0 Å². The average Bonchev–Trinajstić information content (AvgIpc) is 2.58. The maximum Gasteiger partial charge on any atom is 0.229 e. The predicted molar refractivity (Wildman–Crippen MR) is 105 cm³/mol. The fourth-order valence-electron chi connectivity index (χ4n) is 3.39. The molecule has 1 aliphatic heterocycles. The Labute approximate surface area is 155 Å². The van der Waals surface area contributed by atoms with Gasteiger partial charge in [0.2, 0.25) is 10.0 Å². The summed E-state index contributed by atoms with van der Waals surface area (Å²) < 4.78 is 27.5. The molecule has 0 unspecified atom stereocenters. The standard InChI is InChI=1S/C20H25NO2S2/c1-15(16-11-7-5-8-12-16)21-18(20(2,3)4)19(25(21,22)23)24-17-13-9-6-10-14-17/h5-15,18-19H,1-4H3/t15-,18-,19-/m0/s1. The second-order valence-corrected chi connectivity index (χ2v) is 11.0. The van der Waals surface area contributed by atoms with Gasteiger partial charge in [0, 0.05) is 10.9 Å². The SMILES string of the molecule is C[C@@H](c1ccccc1)N1[C@H](C(C)(C)C)[C@@H](Sc2ccccc2)S1(=O)=O. The van der Waals surface area contributed by atoms with Crippen LogP contribution in [0.5, 0.6) is 0 Å². The zero-order chi connectivity index (χ0) is 18.2. The Bertz CT molecular complexity index is 814. The monoisotopic (exact) mass is 375 g/mol. The van der Waals surface area contributed by atoms with Crippen LogP contribution >= 0.6 is 11.8 Å². The molecule has 0 N–H and O–H groups in total. The highest BCUT2D eigenvalue weighted by atomic mass is 32.3. The maximum absolute atomic E-state index is 13.1. The molecule has 2 aromatic carbocycles. The number of rotatable bonds is 4. The molecule has 1 aliphatic rings. The van der Waals surface area contributed by atoms with Gasteiger partial charge in [-0.3, -0.25) is 0 Å². The fraction of sp³-hybridized carbons (Fsp3) is 0.400. The van der Waals surface area contributed by atoms with E-state index < -0.39 is 14.6 Å². The first-order valence-electron chi connectivity index (χ1n) is 8.52. The molecule has 134 valence electrons. The van der Waals surface area contributed by atoms with E-state index in [0.717, 1.165) is 10.5 Å². The van der Waals surface area contributed by atoms with Crippen LogP contribution in [0, 0.1) is 5.41 Å². The topological polar surface area (TPSA) is 37.4 Å². The van der Waals surface area contributed by atoms with Crippen molar-refractivity contribution >= 4 is 21.8 Å². The zero-order valence-corrected chi connectivity index (χ0v) is 16.7. The minimum atomic E-state index is -3.34. The van der Waals surface area contributed by atoms with Gasteiger partial charge >= 0.3 is 0 Å². The summed E-state index contributed by atoms with van der Waals surface area (Å²) in [6.45, 7) is 8.34. The number of hydrogen-bond acceptors (Lipinski definition) is 3. The van der Waals surface area contributed by atoms with Crippen molar-refractivity contribution < 1.29 is 8.42 Å². The summed E-state index contributed by atoms with van der Waals surface area (Å²) >= 11 is 1.46. The number of hydrogen-bond donors (Lipinski definition) is 0. The fourth-order valence-corrected chi connectivity index (χ4v) is 8.06. The molecule has 0 aromatic heterocycles. The van der Waals surface area contributed by atoms with Gasteiger partial charge in [-0.1, -0.05) is 69.3 Å².